The summed E-state index contributed by atoms with van der Waals surface area (Å²) in [5.41, 5.74) is 2.53. The van der Waals surface area contributed by atoms with Gasteiger partial charge in [-0.2, -0.15) is 0 Å². The minimum absolute atomic E-state index is 0.684. The maximum Gasteiger partial charge on any atom is 0.260 e. The van der Waals surface area contributed by atoms with Crippen molar-refractivity contribution in [3.05, 3.63) is 109 Å². The Kier molecular flexibility index (Phi) is 9.94. The molecule has 174 valence electrons. The van der Waals surface area contributed by atoms with Crippen molar-refractivity contribution in [3.63, 3.8) is 0 Å². The first-order valence-electron chi connectivity index (χ1n) is 10.6. The number of aryl methyl sites for hydroxylation is 4. The summed E-state index contributed by atoms with van der Waals surface area (Å²) < 4.78 is 7.09. The molecule has 0 aliphatic rings. The van der Waals surface area contributed by atoms with Gasteiger partial charge in [0.15, 0.2) is 5.16 Å². The van der Waals surface area contributed by atoms with Crippen molar-refractivity contribution in [2.75, 3.05) is 0 Å². The van der Waals surface area contributed by atoms with Gasteiger partial charge in [0.2, 0.25) is 0 Å². The molecule has 0 fully saturated rings. The average molecular weight is 490 g/mol. The lowest BCUT2D eigenvalue weighted by Gasteiger charge is -1.99. The predicted molar refractivity (Wildman–Crippen MR) is 137 cm³/mol. The molecule has 2 aromatic carbocycles. The van der Waals surface area contributed by atoms with E-state index in [4.69, 9.17) is 4.42 Å². The topological polar surface area (TPSA) is 69.6 Å². The van der Waals surface area contributed by atoms with Gasteiger partial charge in [-0.25, -0.2) is 19.9 Å². The third-order valence-corrected chi connectivity index (χ3v) is 6.26. The molecule has 5 aromatic rings. The normalized spacial score (nSPS) is 10.0. The van der Waals surface area contributed by atoms with Crippen LogP contribution in [-0.2, 0) is 7.05 Å². The summed E-state index contributed by atoms with van der Waals surface area (Å²) in [6.45, 7) is 6.12. The number of hydrogen-bond donors (Lipinski definition) is 0. The summed E-state index contributed by atoms with van der Waals surface area (Å²) in [6.07, 6.45) is 10.4. The zero-order valence-corrected chi connectivity index (χ0v) is 21.3. The second kappa shape index (κ2) is 13.4. The first-order chi connectivity index (χ1) is 16.5. The molecule has 0 bridgehead atoms. The van der Waals surface area contributed by atoms with E-state index < -0.39 is 0 Å². The molecular weight excluding hydrogens is 462 g/mol. The molecule has 0 unspecified atom stereocenters. The van der Waals surface area contributed by atoms with E-state index in [1.165, 1.54) is 27.8 Å². The largest absolute Gasteiger partial charge is 0.440 e. The summed E-state index contributed by atoms with van der Waals surface area (Å²) in [5.74, 6) is 1.06. The van der Waals surface area contributed by atoms with E-state index in [0.29, 0.717) is 5.22 Å². The van der Waals surface area contributed by atoms with Gasteiger partial charge in [0, 0.05) is 41.6 Å². The Labute approximate surface area is 208 Å². The lowest BCUT2D eigenvalue weighted by Crippen LogP contribution is -1.86. The van der Waals surface area contributed by atoms with Gasteiger partial charge in [-0.15, -0.1) is 0 Å². The standard InChI is InChI=1S/C11H10N2S.C10H9NOS.C5H8N2/c1-9-3-5-10(6-4-9)14-11-12-7-2-8-13-11;1-8-2-4-9(5-3-8)13-10-11-6-7-12-10;1-5-6-3-4-7(5)2/h2-8H,1H3;2-7H,1H3;3-4H,1-2H3. The lowest BCUT2D eigenvalue weighted by atomic mass is 10.2. The van der Waals surface area contributed by atoms with Crippen molar-refractivity contribution in [2.24, 2.45) is 7.05 Å². The Morgan fingerprint density at radius 2 is 1.26 bits per heavy atom. The minimum atomic E-state index is 0.684. The van der Waals surface area contributed by atoms with Crippen LogP contribution in [0.5, 0.6) is 0 Å². The van der Waals surface area contributed by atoms with Gasteiger partial charge < -0.3 is 8.98 Å². The summed E-state index contributed by atoms with van der Waals surface area (Å²) in [6, 6.07) is 18.4. The monoisotopic (exact) mass is 489 g/mol. The van der Waals surface area contributed by atoms with E-state index in [1.807, 2.05) is 30.8 Å². The van der Waals surface area contributed by atoms with Gasteiger partial charge in [0.1, 0.15) is 12.1 Å². The number of nitrogens with zero attached hydrogens (tertiary/aromatic N) is 5. The number of imidazole rings is 1. The third kappa shape index (κ3) is 8.88. The molecule has 34 heavy (non-hydrogen) atoms. The van der Waals surface area contributed by atoms with Crippen LogP contribution in [0.3, 0.4) is 0 Å². The molecule has 0 saturated carbocycles. The number of hydrogen-bond acceptors (Lipinski definition) is 7. The fourth-order valence-electron chi connectivity index (χ4n) is 2.46. The molecule has 3 heterocycles. The van der Waals surface area contributed by atoms with Crippen LogP contribution in [0, 0.1) is 20.8 Å². The van der Waals surface area contributed by atoms with Crippen LogP contribution >= 0.6 is 23.5 Å². The fraction of sp³-hybridized carbons (Fsp3) is 0.154. The zero-order chi connectivity index (χ0) is 24.2. The van der Waals surface area contributed by atoms with Gasteiger partial charge in [-0.05, 0) is 74.6 Å². The van der Waals surface area contributed by atoms with Gasteiger partial charge in [0.05, 0.1) is 6.20 Å². The highest BCUT2D eigenvalue weighted by Gasteiger charge is 2.00. The summed E-state index contributed by atoms with van der Waals surface area (Å²) in [7, 11) is 1.97. The highest BCUT2D eigenvalue weighted by Crippen LogP contribution is 2.26. The third-order valence-electron chi connectivity index (χ3n) is 4.47. The summed E-state index contributed by atoms with van der Waals surface area (Å²) in [5, 5.41) is 1.47. The Hall–Kier alpha value is -3.36. The molecule has 6 nitrogen and oxygen atoms in total. The van der Waals surface area contributed by atoms with Gasteiger partial charge in [-0.1, -0.05) is 35.4 Å². The molecule has 0 atom stereocenters. The first-order valence-corrected chi connectivity index (χ1v) is 12.2. The molecule has 0 N–H and O–H groups in total. The Morgan fingerprint density at radius 1 is 0.676 bits per heavy atom. The van der Waals surface area contributed by atoms with E-state index in [0.717, 1.165) is 15.9 Å². The molecule has 0 radical (unpaired) electrons. The van der Waals surface area contributed by atoms with Crippen molar-refractivity contribution >= 4 is 23.5 Å². The molecule has 0 amide bonds. The maximum absolute atomic E-state index is 5.12. The van der Waals surface area contributed by atoms with Gasteiger partial charge >= 0.3 is 0 Å². The summed E-state index contributed by atoms with van der Waals surface area (Å²) in [4.78, 5) is 18.6. The average Bonchev–Trinajstić information content (AvgIpc) is 3.50. The number of rotatable bonds is 4. The molecule has 8 heteroatoms. The van der Waals surface area contributed by atoms with Crippen molar-refractivity contribution in [1.29, 1.82) is 0 Å². The fourth-order valence-corrected chi connectivity index (χ4v) is 3.86. The van der Waals surface area contributed by atoms with Crippen molar-refractivity contribution in [3.8, 4) is 0 Å². The van der Waals surface area contributed by atoms with Crippen molar-refractivity contribution in [2.45, 2.75) is 40.9 Å². The lowest BCUT2D eigenvalue weighted by molar-refractivity contribution is 0.454. The molecule has 0 saturated heterocycles. The Morgan fingerprint density at radius 3 is 1.71 bits per heavy atom. The highest BCUT2D eigenvalue weighted by molar-refractivity contribution is 7.99. The van der Waals surface area contributed by atoms with Crippen LogP contribution < -0.4 is 0 Å². The molecule has 5 rings (SSSR count). The quantitative estimate of drug-likeness (QED) is 0.257. The van der Waals surface area contributed by atoms with E-state index >= 15 is 0 Å². The van der Waals surface area contributed by atoms with Gasteiger partial charge in [-0.3, -0.25) is 0 Å². The smallest absolute Gasteiger partial charge is 0.260 e. The van der Waals surface area contributed by atoms with Crippen LogP contribution in [0.4, 0.5) is 0 Å². The molecular formula is C26H27N5OS2. The van der Waals surface area contributed by atoms with E-state index in [9.17, 15) is 0 Å². The second-order valence-electron chi connectivity index (χ2n) is 7.24. The predicted octanol–water partition coefficient (Wildman–Crippen LogP) is 6.80. The minimum Gasteiger partial charge on any atom is -0.440 e. The van der Waals surface area contributed by atoms with E-state index in [2.05, 4.69) is 82.3 Å². The first kappa shape index (κ1) is 25.3. The molecule has 0 spiro atoms. The SMILES string of the molecule is Cc1ccc(Sc2ncccn2)cc1.Cc1ccc(Sc2ncco2)cc1.Cc1nccn1C. The number of benzene rings is 2. The summed E-state index contributed by atoms with van der Waals surface area (Å²) >= 11 is 3.10. The van der Waals surface area contributed by atoms with Crippen molar-refractivity contribution in [1.82, 2.24) is 24.5 Å². The van der Waals surface area contributed by atoms with Crippen LogP contribution in [0.2, 0.25) is 0 Å². The van der Waals surface area contributed by atoms with Crippen molar-refractivity contribution < 1.29 is 4.42 Å². The van der Waals surface area contributed by atoms with Gasteiger partial charge in [0.25, 0.3) is 5.22 Å². The maximum atomic E-state index is 5.12. The highest BCUT2D eigenvalue weighted by atomic mass is 32.2. The molecule has 0 aliphatic carbocycles. The Bertz CT molecular complexity index is 1210. The van der Waals surface area contributed by atoms with E-state index in [1.54, 1.807) is 42.8 Å². The van der Waals surface area contributed by atoms with E-state index in [-0.39, 0.29) is 0 Å². The number of oxazole rings is 1. The molecule has 3 aromatic heterocycles. The number of aromatic nitrogens is 5. The molecule has 0 aliphatic heterocycles. The van der Waals surface area contributed by atoms with Crippen LogP contribution in [0.25, 0.3) is 0 Å². The van der Waals surface area contributed by atoms with Crippen LogP contribution in [0.15, 0.2) is 116 Å². The van der Waals surface area contributed by atoms with Crippen LogP contribution in [0.1, 0.15) is 17.0 Å². The Balaban J connectivity index is 0.000000151. The second-order valence-corrected chi connectivity index (χ2v) is 9.31. The van der Waals surface area contributed by atoms with Crippen LogP contribution in [-0.4, -0.2) is 24.5 Å². The zero-order valence-electron chi connectivity index (χ0n) is 19.6.